The molecule has 4 aromatic rings. The largest absolute Gasteiger partial charge is 0.322 e. The van der Waals surface area contributed by atoms with Gasteiger partial charge in [-0.2, -0.15) is 5.10 Å². The molecule has 0 bridgehead atoms. The molecule has 0 saturated heterocycles. The molecule has 5 nitrogen and oxygen atoms in total. The molecule has 1 N–H and O–H groups in total. The number of nitrogens with one attached hydrogen (secondary N) is 1. The maximum Gasteiger partial charge on any atom is 0.261 e. The predicted octanol–water partition coefficient (Wildman–Crippen LogP) is 4.57. The highest BCUT2D eigenvalue weighted by Crippen LogP contribution is 2.22. The topological polar surface area (TPSA) is 51.9 Å². The molecule has 0 aliphatic rings. The number of carbonyl (C=O) groups is 1. The van der Waals surface area contributed by atoms with Gasteiger partial charge in [-0.15, -0.1) is 0 Å². The molecule has 1 amide bonds. The molecular weight excluding hydrogens is 348 g/mol. The maximum absolute atomic E-state index is 12.8. The first-order chi connectivity index (χ1) is 12.7. The summed E-state index contributed by atoms with van der Waals surface area (Å²) >= 11 is 5.99. The lowest BCUT2D eigenvalue weighted by atomic mass is 10.2. The molecule has 128 valence electrons. The summed E-state index contributed by atoms with van der Waals surface area (Å²) in [5, 5.41) is 7.98. The van der Waals surface area contributed by atoms with Gasteiger partial charge in [0.2, 0.25) is 0 Å². The van der Waals surface area contributed by atoms with Gasteiger partial charge in [-0.25, -0.2) is 4.68 Å². The van der Waals surface area contributed by atoms with Crippen LogP contribution in [0.3, 0.4) is 0 Å². The predicted molar refractivity (Wildman–Crippen MR) is 102 cm³/mol. The summed E-state index contributed by atoms with van der Waals surface area (Å²) < 4.78 is 3.58. The van der Waals surface area contributed by atoms with Crippen LogP contribution in [0.15, 0.2) is 85.3 Å². The molecule has 0 fully saturated rings. The molecule has 0 aliphatic carbocycles. The van der Waals surface area contributed by atoms with Gasteiger partial charge in [0.25, 0.3) is 5.91 Å². The third-order valence-electron chi connectivity index (χ3n) is 3.94. The van der Waals surface area contributed by atoms with Crippen molar-refractivity contribution in [1.82, 2.24) is 14.3 Å². The third-order valence-corrected chi connectivity index (χ3v) is 4.19. The van der Waals surface area contributed by atoms with E-state index in [1.54, 1.807) is 23.0 Å². The highest BCUT2D eigenvalue weighted by atomic mass is 35.5. The lowest BCUT2D eigenvalue weighted by Gasteiger charge is -2.11. The number of para-hydroxylation sites is 1. The number of hydrogen-bond donors (Lipinski definition) is 1. The van der Waals surface area contributed by atoms with E-state index in [4.69, 9.17) is 11.6 Å². The van der Waals surface area contributed by atoms with Crippen molar-refractivity contribution in [2.24, 2.45) is 0 Å². The van der Waals surface area contributed by atoms with E-state index in [2.05, 4.69) is 10.4 Å². The Bertz CT molecular complexity index is 1020. The minimum Gasteiger partial charge on any atom is -0.322 e. The van der Waals surface area contributed by atoms with Crippen molar-refractivity contribution in [2.45, 2.75) is 0 Å². The van der Waals surface area contributed by atoms with Crippen LogP contribution >= 0.6 is 11.6 Å². The first-order valence-corrected chi connectivity index (χ1v) is 8.44. The zero-order chi connectivity index (χ0) is 17.9. The van der Waals surface area contributed by atoms with Gasteiger partial charge in [0.05, 0.1) is 11.9 Å². The van der Waals surface area contributed by atoms with Crippen LogP contribution in [0.1, 0.15) is 10.4 Å². The van der Waals surface area contributed by atoms with Gasteiger partial charge >= 0.3 is 0 Å². The Morgan fingerprint density at radius 2 is 1.62 bits per heavy atom. The fourth-order valence-corrected chi connectivity index (χ4v) is 2.84. The number of hydrogen-bond acceptors (Lipinski definition) is 2. The van der Waals surface area contributed by atoms with Crippen LogP contribution in [0.4, 0.5) is 5.69 Å². The summed E-state index contributed by atoms with van der Waals surface area (Å²) in [6, 6.07) is 20.5. The maximum atomic E-state index is 12.8. The Labute approximate surface area is 155 Å². The average Bonchev–Trinajstić information content (AvgIpc) is 3.32. The van der Waals surface area contributed by atoms with Crippen molar-refractivity contribution in [3.05, 3.63) is 95.9 Å². The van der Waals surface area contributed by atoms with Gasteiger partial charge in [0.15, 0.2) is 5.82 Å². The van der Waals surface area contributed by atoms with E-state index in [1.807, 2.05) is 71.6 Å². The normalized spacial score (nSPS) is 10.7. The van der Waals surface area contributed by atoms with Crippen molar-refractivity contribution in [3.63, 3.8) is 0 Å². The van der Waals surface area contributed by atoms with Crippen molar-refractivity contribution in [3.8, 4) is 11.5 Å². The van der Waals surface area contributed by atoms with E-state index in [0.29, 0.717) is 16.4 Å². The van der Waals surface area contributed by atoms with Crippen molar-refractivity contribution < 1.29 is 4.79 Å². The highest BCUT2D eigenvalue weighted by Gasteiger charge is 2.20. The van der Waals surface area contributed by atoms with Gasteiger partial charge < -0.3 is 9.88 Å². The Hall–Kier alpha value is -3.31. The number of halogens is 1. The summed E-state index contributed by atoms with van der Waals surface area (Å²) in [4.78, 5) is 12.8. The number of rotatable bonds is 4. The molecule has 2 aromatic heterocycles. The highest BCUT2D eigenvalue weighted by molar-refractivity contribution is 6.30. The monoisotopic (exact) mass is 362 g/mol. The van der Waals surface area contributed by atoms with E-state index in [9.17, 15) is 4.79 Å². The van der Waals surface area contributed by atoms with Crippen LogP contribution in [-0.2, 0) is 0 Å². The third kappa shape index (κ3) is 3.12. The summed E-state index contributed by atoms with van der Waals surface area (Å²) in [6.07, 6.45) is 5.33. The van der Waals surface area contributed by atoms with Gasteiger partial charge in [0.1, 0.15) is 5.56 Å². The molecule has 2 aromatic carbocycles. The number of nitrogens with zero attached hydrogens (tertiary/aromatic N) is 3. The van der Waals surface area contributed by atoms with Crippen LogP contribution in [0.2, 0.25) is 5.02 Å². The summed E-state index contributed by atoms with van der Waals surface area (Å²) in [6.45, 7) is 0. The van der Waals surface area contributed by atoms with Crippen molar-refractivity contribution >= 4 is 23.2 Å². The molecule has 2 heterocycles. The second-order valence-corrected chi connectivity index (χ2v) is 6.12. The SMILES string of the molecule is O=C(Nc1ccccc1)c1cnn(-c2ccc(Cl)cc2)c1-n1cccc1. The van der Waals surface area contributed by atoms with E-state index in [-0.39, 0.29) is 5.91 Å². The minimum absolute atomic E-state index is 0.222. The van der Waals surface area contributed by atoms with E-state index < -0.39 is 0 Å². The Morgan fingerprint density at radius 1 is 0.923 bits per heavy atom. The zero-order valence-electron chi connectivity index (χ0n) is 13.7. The average molecular weight is 363 g/mol. The zero-order valence-corrected chi connectivity index (χ0v) is 14.5. The summed E-state index contributed by atoms with van der Waals surface area (Å²) in [5.41, 5.74) is 2.02. The molecule has 0 saturated carbocycles. The first kappa shape index (κ1) is 16.2. The Kier molecular flexibility index (Phi) is 4.29. The first-order valence-electron chi connectivity index (χ1n) is 8.06. The molecule has 26 heavy (non-hydrogen) atoms. The fourth-order valence-electron chi connectivity index (χ4n) is 2.72. The standard InChI is InChI=1S/C20H15ClN4O/c21-15-8-10-17(11-9-15)25-20(24-12-4-5-13-24)18(14-22-25)19(26)23-16-6-2-1-3-7-16/h1-14H,(H,23,26). The van der Waals surface area contributed by atoms with E-state index in [0.717, 1.165) is 11.4 Å². The number of benzene rings is 2. The summed E-state index contributed by atoms with van der Waals surface area (Å²) in [7, 11) is 0. The smallest absolute Gasteiger partial charge is 0.261 e. The molecule has 0 unspecified atom stereocenters. The lowest BCUT2D eigenvalue weighted by molar-refractivity contribution is 0.102. The lowest BCUT2D eigenvalue weighted by Crippen LogP contribution is -2.15. The van der Waals surface area contributed by atoms with Gasteiger partial charge in [0, 0.05) is 23.1 Å². The Morgan fingerprint density at radius 3 is 2.31 bits per heavy atom. The van der Waals surface area contributed by atoms with Crippen LogP contribution in [0.25, 0.3) is 11.5 Å². The molecule has 0 radical (unpaired) electrons. The number of anilines is 1. The van der Waals surface area contributed by atoms with Gasteiger partial charge in [-0.1, -0.05) is 29.8 Å². The quantitative estimate of drug-likeness (QED) is 0.578. The summed E-state index contributed by atoms with van der Waals surface area (Å²) in [5.74, 6) is 0.436. The number of amides is 1. The minimum atomic E-state index is -0.222. The number of carbonyl (C=O) groups excluding carboxylic acids is 1. The van der Waals surface area contributed by atoms with Crippen LogP contribution in [0.5, 0.6) is 0 Å². The molecule has 0 aliphatic heterocycles. The number of aromatic nitrogens is 3. The van der Waals surface area contributed by atoms with Gasteiger partial charge in [-0.05, 0) is 48.5 Å². The van der Waals surface area contributed by atoms with E-state index in [1.165, 1.54) is 0 Å². The van der Waals surface area contributed by atoms with Crippen LogP contribution in [-0.4, -0.2) is 20.3 Å². The molecule has 6 heteroatoms. The molecule has 0 atom stereocenters. The molecule has 0 spiro atoms. The van der Waals surface area contributed by atoms with Gasteiger partial charge in [-0.3, -0.25) is 4.79 Å². The Balaban J connectivity index is 1.78. The molecular formula is C20H15ClN4O. The van der Waals surface area contributed by atoms with Crippen molar-refractivity contribution in [1.29, 1.82) is 0 Å². The second kappa shape index (κ2) is 6.90. The van der Waals surface area contributed by atoms with E-state index >= 15 is 0 Å². The second-order valence-electron chi connectivity index (χ2n) is 5.68. The van der Waals surface area contributed by atoms with Crippen LogP contribution in [0, 0.1) is 0 Å². The fraction of sp³-hybridized carbons (Fsp3) is 0. The van der Waals surface area contributed by atoms with Crippen LogP contribution < -0.4 is 5.32 Å². The molecule has 4 rings (SSSR count). The van der Waals surface area contributed by atoms with Crippen molar-refractivity contribution in [2.75, 3.05) is 5.32 Å².